The Morgan fingerprint density at radius 1 is 1.04 bits per heavy atom. The average molecular weight is 322 g/mol. The first-order valence-corrected chi connectivity index (χ1v) is 9.99. The van der Waals surface area contributed by atoms with Crippen LogP contribution in [0.1, 0.15) is 77.6 Å². The first kappa shape index (κ1) is 17.4. The van der Waals surface area contributed by atoms with Gasteiger partial charge < -0.3 is 14.4 Å². The molecule has 1 spiro atoms. The molecule has 23 heavy (non-hydrogen) atoms. The summed E-state index contributed by atoms with van der Waals surface area (Å²) in [5, 5.41) is 0. The fourth-order valence-corrected chi connectivity index (χ4v) is 5.13. The third kappa shape index (κ3) is 5.03. The highest BCUT2D eigenvalue weighted by Crippen LogP contribution is 2.49. The standard InChI is InChI=1S/C20H35NO2/c1-17(22)16-18-4-8-20(9-5-18)10-6-19(7-11-20)23-15-14-21-12-2-3-13-21/h18-19H,2-16H2,1H3. The van der Waals surface area contributed by atoms with Crippen molar-refractivity contribution in [2.45, 2.75) is 83.7 Å². The Morgan fingerprint density at radius 3 is 2.26 bits per heavy atom. The van der Waals surface area contributed by atoms with Crippen LogP contribution in [0.5, 0.6) is 0 Å². The molecule has 0 aromatic heterocycles. The van der Waals surface area contributed by atoms with Crippen LogP contribution in [-0.4, -0.2) is 43.0 Å². The lowest BCUT2D eigenvalue weighted by molar-refractivity contribution is -0.118. The SMILES string of the molecule is CC(=O)CC1CCC2(CC1)CCC(OCCN1CCCC1)CC2. The summed E-state index contributed by atoms with van der Waals surface area (Å²) in [7, 11) is 0. The molecule has 3 rings (SSSR count). The second-order valence-electron chi connectivity index (χ2n) is 8.47. The Bertz CT molecular complexity index is 371. The first-order chi connectivity index (χ1) is 11.2. The van der Waals surface area contributed by atoms with E-state index in [1.54, 1.807) is 6.92 Å². The van der Waals surface area contributed by atoms with Crippen LogP contribution in [0.4, 0.5) is 0 Å². The van der Waals surface area contributed by atoms with E-state index in [1.165, 1.54) is 77.3 Å². The van der Waals surface area contributed by atoms with Crippen LogP contribution in [0.3, 0.4) is 0 Å². The normalized spacial score (nSPS) is 35.7. The predicted molar refractivity (Wildman–Crippen MR) is 93.6 cm³/mol. The lowest BCUT2D eigenvalue weighted by atomic mass is 9.62. The number of rotatable bonds is 6. The van der Waals surface area contributed by atoms with Crippen LogP contribution in [0.15, 0.2) is 0 Å². The summed E-state index contributed by atoms with van der Waals surface area (Å²) in [4.78, 5) is 13.8. The van der Waals surface area contributed by atoms with Gasteiger partial charge in [0, 0.05) is 13.0 Å². The van der Waals surface area contributed by atoms with Crippen molar-refractivity contribution in [1.29, 1.82) is 0 Å². The predicted octanol–water partition coefficient (Wildman–Crippen LogP) is 4.20. The molecule has 2 aliphatic carbocycles. The smallest absolute Gasteiger partial charge is 0.130 e. The molecule has 1 saturated heterocycles. The molecule has 3 aliphatic rings. The zero-order valence-electron chi connectivity index (χ0n) is 15.0. The van der Waals surface area contributed by atoms with E-state index in [9.17, 15) is 4.79 Å². The average Bonchev–Trinajstić information content (AvgIpc) is 3.05. The van der Waals surface area contributed by atoms with Crippen LogP contribution in [-0.2, 0) is 9.53 Å². The van der Waals surface area contributed by atoms with Crippen molar-refractivity contribution in [3.8, 4) is 0 Å². The van der Waals surface area contributed by atoms with E-state index in [1.807, 2.05) is 0 Å². The van der Waals surface area contributed by atoms with E-state index in [-0.39, 0.29) is 0 Å². The molecule has 132 valence electrons. The Kier molecular flexibility index (Phi) is 6.14. The zero-order chi connectivity index (χ0) is 16.1. The summed E-state index contributed by atoms with van der Waals surface area (Å²) in [6, 6.07) is 0. The van der Waals surface area contributed by atoms with Gasteiger partial charge in [-0.3, -0.25) is 0 Å². The van der Waals surface area contributed by atoms with Gasteiger partial charge in [0.2, 0.25) is 0 Å². The van der Waals surface area contributed by atoms with Crippen molar-refractivity contribution in [3.05, 3.63) is 0 Å². The second-order valence-corrected chi connectivity index (χ2v) is 8.47. The molecular weight excluding hydrogens is 286 g/mol. The van der Waals surface area contributed by atoms with Crippen molar-refractivity contribution >= 4 is 5.78 Å². The van der Waals surface area contributed by atoms with Gasteiger partial charge in [-0.05, 0) is 95.6 Å². The van der Waals surface area contributed by atoms with Crippen molar-refractivity contribution in [2.24, 2.45) is 11.3 Å². The van der Waals surface area contributed by atoms with Gasteiger partial charge in [-0.25, -0.2) is 0 Å². The van der Waals surface area contributed by atoms with E-state index in [0.717, 1.165) is 19.6 Å². The molecule has 0 bridgehead atoms. The molecule has 3 nitrogen and oxygen atoms in total. The van der Waals surface area contributed by atoms with Crippen molar-refractivity contribution in [2.75, 3.05) is 26.2 Å². The molecular formula is C20H35NO2. The number of carbonyl (C=O) groups is 1. The van der Waals surface area contributed by atoms with Crippen LogP contribution in [0, 0.1) is 11.3 Å². The fourth-order valence-electron chi connectivity index (χ4n) is 5.13. The molecule has 3 fully saturated rings. The highest BCUT2D eigenvalue weighted by molar-refractivity contribution is 5.75. The second kappa shape index (κ2) is 8.11. The number of nitrogens with zero attached hydrogens (tertiary/aromatic N) is 1. The zero-order valence-corrected chi connectivity index (χ0v) is 15.0. The van der Waals surface area contributed by atoms with Crippen LogP contribution >= 0.6 is 0 Å². The molecule has 1 aliphatic heterocycles. The Labute approximate surface area is 142 Å². The van der Waals surface area contributed by atoms with Crippen molar-refractivity contribution in [3.63, 3.8) is 0 Å². The maximum Gasteiger partial charge on any atom is 0.130 e. The quantitative estimate of drug-likeness (QED) is 0.734. The third-order valence-electron chi connectivity index (χ3n) is 6.70. The minimum absolute atomic E-state index is 0.376. The maximum absolute atomic E-state index is 11.3. The van der Waals surface area contributed by atoms with Crippen LogP contribution in [0.2, 0.25) is 0 Å². The molecule has 0 amide bonds. The Balaban J connectivity index is 1.33. The molecule has 0 unspecified atom stereocenters. The number of ketones is 1. The summed E-state index contributed by atoms with van der Waals surface area (Å²) in [6.45, 7) is 6.36. The minimum atomic E-state index is 0.376. The summed E-state index contributed by atoms with van der Waals surface area (Å²) in [5.41, 5.74) is 0.599. The number of likely N-dealkylation sites (tertiary alicyclic amines) is 1. The molecule has 0 radical (unpaired) electrons. The van der Waals surface area contributed by atoms with Crippen molar-refractivity contribution < 1.29 is 9.53 Å². The number of ether oxygens (including phenoxy) is 1. The van der Waals surface area contributed by atoms with Gasteiger partial charge in [0.1, 0.15) is 5.78 Å². The minimum Gasteiger partial charge on any atom is -0.377 e. The van der Waals surface area contributed by atoms with E-state index in [0.29, 0.717) is 23.2 Å². The molecule has 1 heterocycles. The first-order valence-electron chi connectivity index (χ1n) is 9.99. The van der Waals surface area contributed by atoms with E-state index < -0.39 is 0 Å². The number of hydrogen-bond acceptors (Lipinski definition) is 3. The van der Waals surface area contributed by atoms with Gasteiger partial charge in [-0.15, -0.1) is 0 Å². The van der Waals surface area contributed by atoms with Crippen LogP contribution < -0.4 is 0 Å². The summed E-state index contributed by atoms with van der Waals surface area (Å²) in [6.07, 6.45) is 14.6. The van der Waals surface area contributed by atoms with E-state index in [4.69, 9.17) is 4.74 Å². The van der Waals surface area contributed by atoms with E-state index >= 15 is 0 Å². The fraction of sp³-hybridized carbons (Fsp3) is 0.950. The molecule has 0 N–H and O–H groups in total. The molecule has 2 saturated carbocycles. The molecule has 0 aromatic rings. The summed E-state index contributed by atoms with van der Waals surface area (Å²) in [5.74, 6) is 1.05. The van der Waals surface area contributed by atoms with Gasteiger partial charge in [0.15, 0.2) is 0 Å². The topological polar surface area (TPSA) is 29.5 Å². The molecule has 0 atom stereocenters. The van der Waals surface area contributed by atoms with E-state index in [2.05, 4.69) is 4.90 Å². The van der Waals surface area contributed by atoms with Crippen LogP contribution in [0.25, 0.3) is 0 Å². The third-order valence-corrected chi connectivity index (χ3v) is 6.70. The lowest BCUT2D eigenvalue weighted by Crippen LogP contribution is -2.35. The summed E-state index contributed by atoms with van der Waals surface area (Å²) < 4.78 is 6.17. The highest BCUT2D eigenvalue weighted by Gasteiger charge is 2.38. The van der Waals surface area contributed by atoms with Gasteiger partial charge in [-0.2, -0.15) is 0 Å². The Morgan fingerprint density at radius 2 is 1.65 bits per heavy atom. The maximum atomic E-state index is 11.3. The van der Waals surface area contributed by atoms with Gasteiger partial charge >= 0.3 is 0 Å². The number of carbonyl (C=O) groups excluding carboxylic acids is 1. The monoisotopic (exact) mass is 321 g/mol. The number of Topliss-reactive ketones (excluding diaryl/α,β-unsaturated/α-hetero) is 1. The highest BCUT2D eigenvalue weighted by atomic mass is 16.5. The lowest BCUT2D eigenvalue weighted by Gasteiger charge is -2.44. The number of hydrogen-bond donors (Lipinski definition) is 0. The van der Waals surface area contributed by atoms with Gasteiger partial charge in [-0.1, -0.05) is 0 Å². The molecule has 3 heteroatoms. The largest absolute Gasteiger partial charge is 0.377 e. The van der Waals surface area contributed by atoms with Crippen molar-refractivity contribution in [1.82, 2.24) is 4.90 Å². The van der Waals surface area contributed by atoms with Gasteiger partial charge in [0.25, 0.3) is 0 Å². The molecule has 0 aromatic carbocycles. The summed E-state index contributed by atoms with van der Waals surface area (Å²) >= 11 is 0. The Hall–Kier alpha value is -0.410. The van der Waals surface area contributed by atoms with Gasteiger partial charge in [0.05, 0.1) is 12.7 Å².